The SMILES string of the molecule is Cc1cc2cc(C)c(CNC(=O)C(C)C)c(=O)n2o1. The van der Waals surface area contributed by atoms with Gasteiger partial charge in [-0.3, -0.25) is 9.59 Å². The van der Waals surface area contributed by atoms with Gasteiger partial charge in [-0.25, -0.2) is 0 Å². The Morgan fingerprint density at radius 3 is 2.68 bits per heavy atom. The summed E-state index contributed by atoms with van der Waals surface area (Å²) < 4.78 is 6.60. The first kappa shape index (κ1) is 13.4. The highest BCUT2D eigenvalue weighted by atomic mass is 16.5. The maximum atomic E-state index is 12.3. The van der Waals surface area contributed by atoms with E-state index in [0.717, 1.165) is 11.1 Å². The average molecular weight is 262 g/mol. The van der Waals surface area contributed by atoms with Crippen molar-refractivity contribution >= 4 is 11.4 Å². The van der Waals surface area contributed by atoms with Crippen LogP contribution in [0.3, 0.4) is 0 Å². The first-order chi connectivity index (χ1) is 8.90. The Balaban J connectivity index is 2.38. The fourth-order valence-electron chi connectivity index (χ4n) is 1.94. The molecule has 0 saturated heterocycles. The molecule has 0 saturated carbocycles. The zero-order valence-electron chi connectivity index (χ0n) is 11.6. The van der Waals surface area contributed by atoms with Crippen molar-refractivity contribution in [1.82, 2.24) is 9.89 Å². The molecular weight excluding hydrogens is 244 g/mol. The van der Waals surface area contributed by atoms with Gasteiger partial charge in [0.1, 0.15) is 5.76 Å². The van der Waals surface area contributed by atoms with Crippen LogP contribution in [-0.4, -0.2) is 10.5 Å². The summed E-state index contributed by atoms with van der Waals surface area (Å²) in [5, 5.41) is 2.76. The molecule has 0 atom stereocenters. The molecule has 0 aliphatic rings. The lowest BCUT2D eigenvalue weighted by Crippen LogP contribution is -2.31. The number of carbonyl (C=O) groups is 1. The molecule has 0 spiro atoms. The van der Waals surface area contributed by atoms with Gasteiger partial charge in [-0.1, -0.05) is 13.8 Å². The maximum Gasteiger partial charge on any atom is 0.289 e. The van der Waals surface area contributed by atoms with E-state index in [2.05, 4.69) is 5.32 Å². The number of carbonyl (C=O) groups excluding carboxylic acids is 1. The summed E-state index contributed by atoms with van der Waals surface area (Å²) in [5.41, 5.74) is 1.93. The molecule has 0 radical (unpaired) electrons. The molecule has 102 valence electrons. The van der Waals surface area contributed by atoms with Gasteiger partial charge in [-0.2, -0.15) is 0 Å². The summed E-state index contributed by atoms with van der Waals surface area (Å²) in [5.74, 6) is 0.511. The van der Waals surface area contributed by atoms with Gasteiger partial charge >= 0.3 is 0 Å². The van der Waals surface area contributed by atoms with Gasteiger partial charge in [0.15, 0.2) is 0 Å². The highest BCUT2D eigenvalue weighted by molar-refractivity contribution is 5.77. The van der Waals surface area contributed by atoms with Crippen LogP contribution in [0.25, 0.3) is 5.52 Å². The van der Waals surface area contributed by atoms with E-state index in [1.54, 1.807) is 6.92 Å². The summed E-state index contributed by atoms with van der Waals surface area (Å²) in [6.07, 6.45) is 0. The smallest absolute Gasteiger partial charge is 0.289 e. The molecule has 2 aromatic rings. The Labute approximate surface area is 111 Å². The molecule has 0 unspecified atom stereocenters. The number of rotatable bonds is 3. The number of nitrogens with one attached hydrogen (secondary N) is 1. The Kier molecular flexibility index (Phi) is 3.46. The van der Waals surface area contributed by atoms with Crippen molar-refractivity contribution in [3.8, 4) is 0 Å². The van der Waals surface area contributed by atoms with Gasteiger partial charge in [-0.15, -0.1) is 4.57 Å². The minimum atomic E-state index is -0.216. The van der Waals surface area contributed by atoms with Crippen LogP contribution in [-0.2, 0) is 11.3 Å². The fraction of sp³-hybridized carbons (Fsp3) is 0.429. The zero-order chi connectivity index (χ0) is 14.2. The van der Waals surface area contributed by atoms with E-state index >= 15 is 0 Å². The minimum absolute atomic E-state index is 0.0699. The van der Waals surface area contributed by atoms with Crippen LogP contribution < -0.4 is 10.9 Å². The third-order valence-electron chi connectivity index (χ3n) is 3.07. The van der Waals surface area contributed by atoms with Gasteiger partial charge in [0.25, 0.3) is 5.56 Å². The van der Waals surface area contributed by atoms with Crippen LogP contribution in [0.15, 0.2) is 21.5 Å². The zero-order valence-corrected chi connectivity index (χ0v) is 11.6. The monoisotopic (exact) mass is 262 g/mol. The van der Waals surface area contributed by atoms with Crippen molar-refractivity contribution in [2.45, 2.75) is 34.2 Å². The molecule has 0 aliphatic carbocycles. The fourth-order valence-corrected chi connectivity index (χ4v) is 1.94. The van der Waals surface area contributed by atoms with E-state index in [1.165, 1.54) is 4.57 Å². The molecule has 1 amide bonds. The Morgan fingerprint density at radius 2 is 2.05 bits per heavy atom. The molecule has 0 fully saturated rings. The lowest BCUT2D eigenvalue weighted by atomic mass is 10.1. The average Bonchev–Trinajstić information content (AvgIpc) is 2.69. The van der Waals surface area contributed by atoms with E-state index < -0.39 is 0 Å². The predicted molar refractivity (Wildman–Crippen MR) is 72.1 cm³/mol. The van der Waals surface area contributed by atoms with Crippen molar-refractivity contribution in [2.75, 3.05) is 0 Å². The molecule has 5 heteroatoms. The quantitative estimate of drug-likeness (QED) is 0.917. The lowest BCUT2D eigenvalue weighted by Gasteiger charge is -2.09. The molecule has 0 bridgehead atoms. The number of nitrogens with zero attached hydrogens (tertiary/aromatic N) is 1. The van der Waals surface area contributed by atoms with Crippen molar-refractivity contribution in [3.63, 3.8) is 0 Å². The summed E-state index contributed by atoms with van der Waals surface area (Å²) in [7, 11) is 0. The molecule has 2 aromatic heterocycles. The summed E-state index contributed by atoms with van der Waals surface area (Å²) in [6, 6.07) is 3.69. The molecule has 1 N–H and O–H groups in total. The number of aryl methyl sites for hydroxylation is 2. The minimum Gasteiger partial charge on any atom is -0.376 e. The van der Waals surface area contributed by atoms with Crippen molar-refractivity contribution < 1.29 is 9.32 Å². The first-order valence-electron chi connectivity index (χ1n) is 6.30. The van der Waals surface area contributed by atoms with E-state index in [4.69, 9.17) is 4.52 Å². The van der Waals surface area contributed by atoms with Crippen LogP contribution in [0, 0.1) is 19.8 Å². The van der Waals surface area contributed by atoms with Crippen LogP contribution in [0.2, 0.25) is 0 Å². The molecular formula is C14H18N2O3. The Morgan fingerprint density at radius 1 is 1.37 bits per heavy atom. The predicted octanol–water partition coefficient (Wildman–Crippen LogP) is 1.78. The van der Waals surface area contributed by atoms with Crippen molar-refractivity contribution in [3.05, 3.63) is 39.4 Å². The summed E-state index contributed by atoms with van der Waals surface area (Å²) in [6.45, 7) is 7.51. The van der Waals surface area contributed by atoms with Crippen molar-refractivity contribution in [2.24, 2.45) is 5.92 Å². The number of fused-ring (bicyclic) bond motifs is 1. The summed E-state index contributed by atoms with van der Waals surface area (Å²) >= 11 is 0. The molecule has 2 rings (SSSR count). The normalized spacial score (nSPS) is 11.2. The van der Waals surface area contributed by atoms with Crippen LogP contribution in [0.4, 0.5) is 0 Å². The van der Waals surface area contributed by atoms with Gasteiger partial charge in [0.2, 0.25) is 5.91 Å². The number of hydrogen-bond donors (Lipinski definition) is 1. The third kappa shape index (κ3) is 2.54. The molecule has 0 aliphatic heterocycles. The largest absolute Gasteiger partial charge is 0.376 e. The third-order valence-corrected chi connectivity index (χ3v) is 3.07. The maximum absolute atomic E-state index is 12.3. The number of pyridine rings is 1. The molecule has 0 aromatic carbocycles. The van der Waals surface area contributed by atoms with Gasteiger partial charge in [0, 0.05) is 24.1 Å². The van der Waals surface area contributed by atoms with Crippen molar-refractivity contribution in [1.29, 1.82) is 0 Å². The van der Waals surface area contributed by atoms with E-state index in [-0.39, 0.29) is 23.9 Å². The lowest BCUT2D eigenvalue weighted by molar-refractivity contribution is -0.124. The number of aromatic nitrogens is 1. The van der Waals surface area contributed by atoms with Gasteiger partial charge in [-0.05, 0) is 25.5 Å². The topological polar surface area (TPSA) is 63.7 Å². The van der Waals surface area contributed by atoms with Crippen LogP contribution in [0.1, 0.15) is 30.7 Å². The second-order valence-corrected chi connectivity index (χ2v) is 5.05. The highest BCUT2D eigenvalue weighted by Crippen LogP contribution is 2.11. The molecule has 2 heterocycles. The van der Waals surface area contributed by atoms with E-state index in [0.29, 0.717) is 11.3 Å². The first-order valence-corrected chi connectivity index (χ1v) is 6.30. The van der Waals surface area contributed by atoms with Crippen LogP contribution in [0.5, 0.6) is 0 Å². The Bertz CT molecular complexity index is 680. The van der Waals surface area contributed by atoms with Crippen LogP contribution >= 0.6 is 0 Å². The highest BCUT2D eigenvalue weighted by Gasteiger charge is 2.13. The van der Waals surface area contributed by atoms with E-state index in [9.17, 15) is 9.59 Å². The van der Waals surface area contributed by atoms with E-state index in [1.807, 2.05) is 32.9 Å². The second kappa shape index (κ2) is 4.91. The second-order valence-electron chi connectivity index (χ2n) is 5.05. The Hall–Kier alpha value is -2.04. The standard InChI is InChI=1S/C14H18N2O3/c1-8(2)13(17)15-7-12-9(3)5-11-6-10(4)19-16(11)14(12)18/h5-6,8H,7H2,1-4H3,(H,15,17). The number of hydrogen-bond acceptors (Lipinski definition) is 3. The molecule has 5 nitrogen and oxygen atoms in total. The van der Waals surface area contributed by atoms with Gasteiger partial charge in [0.05, 0.1) is 5.52 Å². The summed E-state index contributed by atoms with van der Waals surface area (Å²) in [4.78, 5) is 23.8. The molecule has 19 heavy (non-hydrogen) atoms. The number of amides is 1. The van der Waals surface area contributed by atoms with Gasteiger partial charge < -0.3 is 9.84 Å².